The summed E-state index contributed by atoms with van der Waals surface area (Å²) in [6.45, 7) is 3.59. The molecule has 0 heterocycles. The van der Waals surface area contributed by atoms with E-state index in [2.05, 4.69) is 4.89 Å². The van der Waals surface area contributed by atoms with Crippen LogP contribution in [0.5, 0.6) is 0 Å². The van der Waals surface area contributed by atoms with Crippen molar-refractivity contribution in [3.8, 4) is 0 Å². The number of Topliss-reactive ketones (excluding diaryl/α,β-unsaturated/α-hetero) is 1. The summed E-state index contributed by atoms with van der Waals surface area (Å²) in [7, 11) is 0. The Morgan fingerprint density at radius 3 is 2.70 bits per heavy atom. The van der Waals surface area contributed by atoms with E-state index in [-0.39, 0.29) is 12.4 Å². The second-order valence-electron chi connectivity index (χ2n) is 1.84. The molecule has 0 aliphatic heterocycles. The number of carbonyl (C=O) groups is 1. The van der Waals surface area contributed by atoms with Gasteiger partial charge in [-0.15, -0.1) is 0 Å². The van der Waals surface area contributed by atoms with Crippen molar-refractivity contribution >= 4 is 5.78 Å². The molecule has 0 rings (SSSR count). The third-order valence-corrected chi connectivity index (χ3v) is 1.08. The molecule has 0 aromatic heterocycles. The van der Waals surface area contributed by atoms with Crippen LogP contribution in [0.3, 0.4) is 0 Å². The summed E-state index contributed by atoms with van der Waals surface area (Å²) in [5.74, 6) is -0.260. The predicted octanol–water partition coefficient (Wildman–Crippen LogP) is 0.470. The largest absolute Gasteiger partial charge is 0.371 e. The van der Waals surface area contributed by atoms with Gasteiger partial charge in [-0.1, -0.05) is 0 Å². The van der Waals surface area contributed by atoms with Crippen LogP contribution in [0.1, 0.15) is 13.8 Å². The second-order valence-corrected chi connectivity index (χ2v) is 1.84. The van der Waals surface area contributed by atoms with E-state index in [4.69, 9.17) is 9.99 Å². The number of carbonyl (C=O) groups excluding carboxylic acids is 1. The van der Waals surface area contributed by atoms with Gasteiger partial charge in [0.2, 0.25) is 0 Å². The highest BCUT2D eigenvalue weighted by Gasteiger charge is 2.11. The number of rotatable bonds is 5. The molecule has 0 saturated carbocycles. The van der Waals surface area contributed by atoms with E-state index in [1.807, 2.05) is 0 Å². The maximum Gasteiger partial charge on any atom is 0.190 e. The highest BCUT2D eigenvalue weighted by atomic mass is 17.1. The molecule has 0 aliphatic carbocycles. The minimum atomic E-state index is -0.489. The molecule has 0 aromatic rings. The zero-order valence-corrected chi connectivity index (χ0v) is 6.16. The number of hydrogen-bond donors (Lipinski definition) is 1. The normalized spacial score (nSPS) is 13.1. The molecule has 0 bridgehead atoms. The van der Waals surface area contributed by atoms with Gasteiger partial charge in [0.05, 0.1) is 0 Å². The van der Waals surface area contributed by atoms with E-state index >= 15 is 0 Å². The van der Waals surface area contributed by atoms with E-state index in [9.17, 15) is 4.79 Å². The number of ether oxygens (including phenoxy) is 1. The van der Waals surface area contributed by atoms with Crippen LogP contribution in [0.2, 0.25) is 0 Å². The lowest BCUT2D eigenvalue weighted by atomic mass is 10.3. The van der Waals surface area contributed by atoms with Crippen LogP contribution in [-0.2, 0) is 14.4 Å². The molecular formula is C6H12O4. The summed E-state index contributed by atoms with van der Waals surface area (Å²) in [4.78, 5) is 14.4. The molecule has 0 spiro atoms. The Kier molecular flexibility index (Phi) is 5.10. The Morgan fingerprint density at radius 1 is 1.70 bits per heavy atom. The first-order valence-electron chi connectivity index (χ1n) is 3.13. The molecular weight excluding hydrogens is 136 g/mol. The van der Waals surface area contributed by atoms with Crippen LogP contribution < -0.4 is 0 Å². The molecule has 0 saturated heterocycles. The van der Waals surface area contributed by atoms with E-state index in [1.165, 1.54) is 0 Å². The first kappa shape index (κ1) is 9.55. The van der Waals surface area contributed by atoms with Crippen molar-refractivity contribution in [3.05, 3.63) is 0 Å². The highest BCUT2D eigenvalue weighted by Crippen LogP contribution is 1.91. The van der Waals surface area contributed by atoms with Crippen LogP contribution in [0.15, 0.2) is 0 Å². The zero-order chi connectivity index (χ0) is 7.98. The summed E-state index contributed by atoms with van der Waals surface area (Å²) in [5, 5.41) is 7.88. The van der Waals surface area contributed by atoms with Gasteiger partial charge < -0.3 is 4.74 Å². The third kappa shape index (κ3) is 3.55. The van der Waals surface area contributed by atoms with Crippen molar-refractivity contribution in [2.24, 2.45) is 0 Å². The molecule has 0 radical (unpaired) electrons. The Balaban J connectivity index is 3.49. The molecule has 1 unspecified atom stereocenters. The molecule has 0 aromatic carbocycles. The average molecular weight is 148 g/mol. The van der Waals surface area contributed by atoms with Crippen LogP contribution in [-0.4, -0.2) is 30.4 Å². The van der Waals surface area contributed by atoms with Crippen molar-refractivity contribution in [1.29, 1.82) is 0 Å². The standard InChI is InChI=1S/C6H12O4/c1-3-9-5(2)6(7)4-10-8/h5,8H,3-4H2,1-2H3. The molecule has 1 N–H and O–H groups in total. The Labute approximate surface area is 59.7 Å². The maximum atomic E-state index is 10.7. The SMILES string of the molecule is CCOC(C)C(=O)COO. The second kappa shape index (κ2) is 5.34. The van der Waals surface area contributed by atoms with Crippen molar-refractivity contribution in [1.82, 2.24) is 0 Å². The molecule has 4 nitrogen and oxygen atoms in total. The van der Waals surface area contributed by atoms with Gasteiger partial charge in [0, 0.05) is 6.61 Å². The molecule has 0 aliphatic rings. The van der Waals surface area contributed by atoms with E-state index < -0.39 is 6.10 Å². The van der Waals surface area contributed by atoms with E-state index in [0.29, 0.717) is 6.61 Å². The molecule has 4 heteroatoms. The summed E-state index contributed by atoms with van der Waals surface area (Å²) < 4.78 is 4.92. The lowest BCUT2D eigenvalue weighted by molar-refractivity contribution is -0.240. The van der Waals surface area contributed by atoms with E-state index in [1.54, 1.807) is 13.8 Å². The van der Waals surface area contributed by atoms with Gasteiger partial charge >= 0.3 is 0 Å². The van der Waals surface area contributed by atoms with Crippen LogP contribution >= 0.6 is 0 Å². The molecule has 0 fully saturated rings. The monoisotopic (exact) mass is 148 g/mol. The first-order chi connectivity index (χ1) is 4.72. The van der Waals surface area contributed by atoms with Crippen LogP contribution in [0, 0.1) is 0 Å². The smallest absolute Gasteiger partial charge is 0.190 e. The van der Waals surface area contributed by atoms with Gasteiger partial charge in [0.25, 0.3) is 0 Å². The Hall–Kier alpha value is -0.450. The van der Waals surface area contributed by atoms with Crippen molar-refractivity contribution in [2.45, 2.75) is 20.0 Å². The minimum absolute atomic E-state index is 0.260. The fourth-order valence-electron chi connectivity index (χ4n) is 0.524. The van der Waals surface area contributed by atoms with Gasteiger partial charge in [-0.2, -0.15) is 0 Å². The predicted molar refractivity (Wildman–Crippen MR) is 34.7 cm³/mol. The lowest BCUT2D eigenvalue weighted by Crippen LogP contribution is -2.24. The number of ketones is 1. The van der Waals surface area contributed by atoms with Crippen molar-refractivity contribution < 1.29 is 19.7 Å². The van der Waals surface area contributed by atoms with Crippen LogP contribution in [0.4, 0.5) is 0 Å². The average Bonchev–Trinajstić information content (AvgIpc) is 1.89. The van der Waals surface area contributed by atoms with Gasteiger partial charge in [0.1, 0.15) is 12.7 Å². The van der Waals surface area contributed by atoms with Crippen LogP contribution in [0.25, 0.3) is 0 Å². The molecule has 10 heavy (non-hydrogen) atoms. The first-order valence-corrected chi connectivity index (χ1v) is 3.13. The Morgan fingerprint density at radius 2 is 2.30 bits per heavy atom. The molecule has 60 valence electrons. The topological polar surface area (TPSA) is 55.8 Å². The van der Waals surface area contributed by atoms with Gasteiger partial charge in [-0.25, -0.2) is 4.89 Å². The van der Waals surface area contributed by atoms with E-state index in [0.717, 1.165) is 0 Å². The quantitative estimate of drug-likeness (QED) is 0.455. The summed E-state index contributed by atoms with van der Waals surface area (Å²) in [6, 6.07) is 0. The van der Waals surface area contributed by atoms with Gasteiger partial charge in [-0.05, 0) is 13.8 Å². The maximum absolute atomic E-state index is 10.7. The molecule has 1 atom stereocenters. The highest BCUT2D eigenvalue weighted by molar-refractivity contribution is 5.83. The van der Waals surface area contributed by atoms with Gasteiger partial charge in [0.15, 0.2) is 5.78 Å². The summed E-state index contributed by atoms with van der Waals surface area (Å²) >= 11 is 0. The third-order valence-electron chi connectivity index (χ3n) is 1.08. The van der Waals surface area contributed by atoms with Crippen molar-refractivity contribution in [3.63, 3.8) is 0 Å². The van der Waals surface area contributed by atoms with Gasteiger partial charge in [-0.3, -0.25) is 10.1 Å². The number of hydrogen-bond acceptors (Lipinski definition) is 4. The zero-order valence-electron chi connectivity index (χ0n) is 6.16. The minimum Gasteiger partial charge on any atom is -0.371 e. The fourth-order valence-corrected chi connectivity index (χ4v) is 0.524. The Bertz CT molecular complexity index is 102. The van der Waals surface area contributed by atoms with Crippen molar-refractivity contribution in [2.75, 3.05) is 13.2 Å². The summed E-state index contributed by atoms with van der Waals surface area (Å²) in [5.41, 5.74) is 0. The fraction of sp³-hybridized carbons (Fsp3) is 0.833. The summed E-state index contributed by atoms with van der Waals surface area (Å²) in [6.07, 6.45) is -0.489. The lowest BCUT2D eigenvalue weighted by Gasteiger charge is -2.07. The molecule has 0 amide bonds.